The highest BCUT2D eigenvalue weighted by Crippen LogP contribution is 2.50. The summed E-state index contributed by atoms with van der Waals surface area (Å²) in [5, 5.41) is 10.2. The number of aliphatic hydroxyl groups is 1. The Labute approximate surface area is 96.0 Å². The highest BCUT2D eigenvalue weighted by molar-refractivity contribution is 5.57. The minimum absolute atomic E-state index is 0.631. The van der Waals surface area contributed by atoms with Gasteiger partial charge in [-0.25, -0.2) is 0 Å². The predicted octanol–water partition coefficient (Wildman–Crippen LogP) is 2.30. The van der Waals surface area contributed by atoms with E-state index >= 15 is 0 Å². The van der Waals surface area contributed by atoms with Crippen LogP contribution in [0, 0.1) is 13.8 Å². The Balaban J connectivity index is 2.61. The van der Waals surface area contributed by atoms with Gasteiger partial charge in [0.25, 0.3) is 0 Å². The van der Waals surface area contributed by atoms with E-state index in [0.717, 1.165) is 41.0 Å². The molecule has 0 heterocycles. The Hall–Kier alpha value is -1.22. The summed E-state index contributed by atoms with van der Waals surface area (Å²) in [5.74, 6) is 1.49. The smallest absolute Gasteiger partial charge is 0.164 e. The summed E-state index contributed by atoms with van der Waals surface area (Å²) in [6, 6.07) is 2.00. The third kappa shape index (κ3) is 1.55. The first-order chi connectivity index (χ1) is 7.53. The number of rotatable bonds is 3. The molecular weight excluding hydrogens is 204 g/mol. The molecule has 3 nitrogen and oxygen atoms in total. The quantitative estimate of drug-likeness (QED) is 0.852. The maximum atomic E-state index is 10.2. The molecule has 1 saturated carbocycles. The molecule has 1 aromatic carbocycles. The normalized spacial score (nSPS) is 17.1. The number of methoxy groups -OCH3 is 2. The van der Waals surface area contributed by atoms with E-state index in [2.05, 4.69) is 0 Å². The average Bonchev–Trinajstić information content (AvgIpc) is 2.99. The first-order valence-corrected chi connectivity index (χ1v) is 5.48. The first kappa shape index (κ1) is 11.3. The molecule has 1 N–H and O–H groups in total. The van der Waals surface area contributed by atoms with E-state index in [0.29, 0.717) is 0 Å². The van der Waals surface area contributed by atoms with Crippen molar-refractivity contribution in [2.45, 2.75) is 32.3 Å². The van der Waals surface area contributed by atoms with Crippen LogP contribution in [0.25, 0.3) is 0 Å². The van der Waals surface area contributed by atoms with E-state index in [-0.39, 0.29) is 0 Å². The molecule has 1 aromatic rings. The van der Waals surface area contributed by atoms with Crippen molar-refractivity contribution >= 4 is 0 Å². The number of aryl methyl sites for hydroxylation is 1. The second-order valence-electron chi connectivity index (χ2n) is 4.46. The van der Waals surface area contributed by atoms with Crippen LogP contribution in [0.4, 0.5) is 0 Å². The SMILES string of the molecule is COc1c(C)cc(C2(O)CC2)c(C)c1OC. The molecule has 0 spiro atoms. The molecule has 0 aromatic heterocycles. The second kappa shape index (κ2) is 3.67. The lowest BCUT2D eigenvalue weighted by Gasteiger charge is -2.19. The van der Waals surface area contributed by atoms with Crippen molar-refractivity contribution in [2.24, 2.45) is 0 Å². The van der Waals surface area contributed by atoms with Gasteiger partial charge in [0.05, 0.1) is 19.8 Å². The van der Waals surface area contributed by atoms with Crippen molar-refractivity contribution < 1.29 is 14.6 Å². The lowest BCUT2D eigenvalue weighted by molar-refractivity contribution is 0.150. The molecule has 1 aliphatic rings. The van der Waals surface area contributed by atoms with Gasteiger partial charge in [-0.3, -0.25) is 0 Å². The zero-order chi connectivity index (χ0) is 11.9. The van der Waals surface area contributed by atoms with Crippen molar-refractivity contribution in [3.8, 4) is 11.5 Å². The van der Waals surface area contributed by atoms with Gasteiger partial charge in [-0.05, 0) is 43.9 Å². The van der Waals surface area contributed by atoms with Crippen LogP contribution < -0.4 is 9.47 Å². The summed E-state index contributed by atoms with van der Waals surface area (Å²) in [6.07, 6.45) is 1.67. The van der Waals surface area contributed by atoms with E-state index in [9.17, 15) is 5.11 Å². The highest BCUT2D eigenvalue weighted by Gasteiger charge is 2.44. The Morgan fingerprint density at radius 1 is 1.12 bits per heavy atom. The molecule has 1 fully saturated rings. The van der Waals surface area contributed by atoms with Crippen LogP contribution in [0.1, 0.15) is 29.5 Å². The zero-order valence-electron chi connectivity index (χ0n) is 10.3. The van der Waals surface area contributed by atoms with Crippen LogP contribution in [0.2, 0.25) is 0 Å². The van der Waals surface area contributed by atoms with Gasteiger partial charge < -0.3 is 14.6 Å². The van der Waals surface area contributed by atoms with Crippen LogP contribution in [-0.2, 0) is 5.60 Å². The molecule has 16 heavy (non-hydrogen) atoms. The highest BCUT2D eigenvalue weighted by atomic mass is 16.5. The van der Waals surface area contributed by atoms with E-state index in [4.69, 9.17) is 9.47 Å². The molecule has 0 aliphatic heterocycles. The van der Waals surface area contributed by atoms with Crippen molar-refractivity contribution in [3.63, 3.8) is 0 Å². The third-order valence-corrected chi connectivity index (χ3v) is 3.30. The average molecular weight is 222 g/mol. The maximum Gasteiger partial charge on any atom is 0.164 e. The fourth-order valence-electron chi connectivity index (χ4n) is 2.23. The molecule has 0 bridgehead atoms. The minimum Gasteiger partial charge on any atom is -0.493 e. The largest absolute Gasteiger partial charge is 0.493 e. The summed E-state index contributed by atoms with van der Waals surface area (Å²) < 4.78 is 10.7. The molecule has 0 amide bonds. The number of benzene rings is 1. The first-order valence-electron chi connectivity index (χ1n) is 5.48. The van der Waals surface area contributed by atoms with Gasteiger partial charge in [-0.1, -0.05) is 0 Å². The second-order valence-corrected chi connectivity index (χ2v) is 4.46. The van der Waals surface area contributed by atoms with Crippen molar-refractivity contribution in [3.05, 3.63) is 22.8 Å². The van der Waals surface area contributed by atoms with E-state index in [1.54, 1.807) is 14.2 Å². The molecule has 3 heteroatoms. The van der Waals surface area contributed by atoms with E-state index in [1.807, 2.05) is 19.9 Å². The van der Waals surface area contributed by atoms with E-state index < -0.39 is 5.60 Å². The number of hydrogen-bond donors (Lipinski definition) is 1. The molecule has 2 rings (SSSR count). The van der Waals surface area contributed by atoms with Crippen molar-refractivity contribution in [1.29, 1.82) is 0 Å². The Morgan fingerprint density at radius 3 is 2.12 bits per heavy atom. The lowest BCUT2D eigenvalue weighted by Crippen LogP contribution is -2.09. The monoisotopic (exact) mass is 222 g/mol. The van der Waals surface area contributed by atoms with Crippen LogP contribution in [0.5, 0.6) is 11.5 Å². The van der Waals surface area contributed by atoms with Crippen LogP contribution in [-0.4, -0.2) is 19.3 Å². The summed E-state index contributed by atoms with van der Waals surface area (Å²) in [6.45, 7) is 3.93. The molecule has 0 radical (unpaired) electrons. The molecule has 1 aliphatic carbocycles. The summed E-state index contributed by atoms with van der Waals surface area (Å²) in [4.78, 5) is 0. The van der Waals surface area contributed by atoms with Gasteiger partial charge in [0, 0.05) is 5.56 Å². The standard InChI is InChI=1S/C13H18O3/c1-8-7-10(13(14)5-6-13)9(2)12(16-4)11(8)15-3/h7,14H,5-6H2,1-4H3. The topological polar surface area (TPSA) is 38.7 Å². The van der Waals surface area contributed by atoms with Gasteiger partial charge in [-0.15, -0.1) is 0 Å². The number of hydrogen-bond acceptors (Lipinski definition) is 3. The molecular formula is C13H18O3. The van der Waals surface area contributed by atoms with Crippen LogP contribution in [0.3, 0.4) is 0 Å². The fraction of sp³-hybridized carbons (Fsp3) is 0.538. The van der Waals surface area contributed by atoms with Gasteiger partial charge in [0.2, 0.25) is 0 Å². The molecule has 0 unspecified atom stereocenters. The number of ether oxygens (including phenoxy) is 2. The summed E-state index contributed by atoms with van der Waals surface area (Å²) >= 11 is 0. The summed E-state index contributed by atoms with van der Waals surface area (Å²) in [7, 11) is 3.26. The van der Waals surface area contributed by atoms with Crippen molar-refractivity contribution in [1.82, 2.24) is 0 Å². The van der Waals surface area contributed by atoms with Crippen molar-refractivity contribution in [2.75, 3.05) is 14.2 Å². The van der Waals surface area contributed by atoms with Gasteiger partial charge in [0.15, 0.2) is 11.5 Å². The van der Waals surface area contributed by atoms with Gasteiger partial charge in [-0.2, -0.15) is 0 Å². The lowest BCUT2D eigenvalue weighted by atomic mass is 9.97. The minimum atomic E-state index is -0.631. The van der Waals surface area contributed by atoms with Crippen LogP contribution >= 0.6 is 0 Å². The summed E-state index contributed by atoms with van der Waals surface area (Å²) in [5.41, 5.74) is 2.32. The molecule has 0 saturated heterocycles. The Morgan fingerprint density at radius 2 is 1.69 bits per heavy atom. The fourth-order valence-corrected chi connectivity index (χ4v) is 2.23. The Kier molecular flexibility index (Phi) is 2.58. The Bertz CT molecular complexity index is 420. The van der Waals surface area contributed by atoms with Gasteiger partial charge in [0.1, 0.15) is 0 Å². The van der Waals surface area contributed by atoms with E-state index in [1.165, 1.54) is 0 Å². The van der Waals surface area contributed by atoms with Crippen LogP contribution in [0.15, 0.2) is 6.07 Å². The third-order valence-electron chi connectivity index (χ3n) is 3.30. The zero-order valence-corrected chi connectivity index (χ0v) is 10.3. The molecule has 0 atom stereocenters. The van der Waals surface area contributed by atoms with Gasteiger partial charge >= 0.3 is 0 Å². The predicted molar refractivity (Wildman–Crippen MR) is 62.2 cm³/mol. The molecule has 88 valence electrons. The maximum absolute atomic E-state index is 10.2.